The largest absolute Gasteiger partial charge is 0.457 e. The third-order valence-corrected chi connectivity index (χ3v) is 27.7. The number of aryl methyl sites for hydroxylation is 4. The molecule has 0 unspecified atom stereocenters. The fraction of sp³-hybridized carbons (Fsp3) is 0.444. The number of hydrogen-bond acceptors (Lipinski definition) is 8. The first-order valence-electron chi connectivity index (χ1n) is 45.2. The molecule has 0 bridgehead atoms. The van der Waals surface area contributed by atoms with E-state index in [1.165, 1.54) is 138 Å². The summed E-state index contributed by atoms with van der Waals surface area (Å²) in [5.74, 6) is 3.67. The van der Waals surface area contributed by atoms with Crippen LogP contribution in [-0.2, 0) is 47.3 Å². The zero-order valence-electron chi connectivity index (χ0n) is 72.3. The van der Waals surface area contributed by atoms with Crippen molar-refractivity contribution in [3.63, 3.8) is 0 Å². The summed E-state index contributed by atoms with van der Waals surface area (Å²) in [7, 11) is 0. The minimum atomic E-state index is -0.450. The average molecular weight is 1580 g/mol. The maximum Gasteiger partial charge on any atom is 0.266 e. The molecule has 0 N–H and O–H groups in total. The molecular formula is C108H122N2O8. The molecule has 17 rings (SSSR count). The zero-order chi connectivity index (χ0) is 82.1. The standard InChI is InChI=1S/C108H122N2O8/c1-105(2,3)75-47-55-79(56-48-75)115-87-63-83-91-84(102(112)109(101(83)111)99-71(43-39-67-27-17-13-18-28-67)35-25-36-72(99)44-40-68-29-19-14-20-30-68)65-89(117-81-59-51-77(52-60-81)107(7,8)9)95-96-90(118-82-61-53-78(54-62-82)108(10,11)12)66-86-92-85(64-88(94(98(92)96)93(87)97(91)95)116-80-57-49-76(50-58-80)106(4,5)6)103(113)110(104(86)114)100-73(45-41-69-31-21-15-22-32-69)37-26-38-74(100)46-42-70-33-23-16-24-34-70/h25-26,35-38,47-70H,13-24,27-34,39-46H2,1-12H3. The lowest BCUT2D eigenvalue weighted by atomic mass is 9.80. The highest BCUT2D eigenvalue weighted by Gasteiger charge is 2.45. The van der Waals surface area contributed by atoms with Crippen molar-refractivity contribution >= 4 is 78.1 Å². The number of carbonyl (C=O) groups excluding carboxylic acids is 4. The smallest absolute Gasteiger partial charge is 0.266 e. The van der Waals surface area contributed by atoms with E-state index < -0.39 is 23.6 Å². The van der Waals surface area contributed by atoms with Crippen molar-refractivity contribution in [1.82, 2.24) is 0 Å². The Kier molecular flexibility index (Phi) is 22.4. The maximum absolute atomic E-state index is 17.3. The van der Waals surface area contributed by atoms with Gasteiger partial charge in [-0.2, -0.15) is 0 Å². The molecule has 0 aromatic heterocycles. The number of anilines is 2. The lowest BCUT2D eigenvalue weighted by Crippen LogP contribution is -2.42. The van der Waals surface area contributed by atoms with Gasteiger partial charge >= 0.3 is 0 Å². The minimum absolute atomic E-state index is 0.194. The molecule has 4 saturated carbocycles. The van der Waals surface area contributed by atoms with Crippen molar-refractivity contribution in [3.05, 3.63) is 224 Å². The van der Waals surface area contributed by atoms with Crippen molar-refractivity contribution in [2.75, 3.05) is 9.80 Å². The van der Waals surface area contributed by atoms with Gasteiger partial charge in [-0.25, -0.2) is 9.80 Å². The molecule has 0 atom stereocenters. The van der Waals surface area contributed by atoms with E-state index in [0.29, 0.717) is 124 Å². The second kappa shape index (κ2) is 32.7. The van der Waals surface area contributed by atoms with Gasteiger partial charge in [0.05, 0.1) is 33.6 Å². The number of benzene rings is 11. The van der Waals surface area contributed by atoms with Crippen molar-refractivity contribution in [3.8, 4) is 46.0 Å². The van der Waals surface area contributed by atoms with Gasteiger partial charge in [0.1, 0.15) is 46.0 Å². The molecule has 0 saturated heterocycles. The van der Waals surface area contributed by atoms with E-state index in [1.54, 1.807) is 0 Å². The molecule has 4 aliphatic carbocycles. The minimum Gasteiger partial charge on any atom is -0.457 e. The highest BCUT2D eigenvalue weighted by Crippen LogP contribution is 2.59. The maximum atomic E-state index is 17.3. The van der Waals surface area contributed by atoms with Gasteiger partial charge in [-0.3, -0.25) is 19.2 Å². The van der Waals surface area contributed by atoms with Crippen LogP contribution in [-0.4, -0.2) is 23.6 Å². The molecule has 612 valence electrons. The summed E-state index contributed by atoms with van der Waals surface area (Å²) >= 11 is 0. The van der Waals surface area contributed by atoms with Gasteiger partial charge in [0.15, 0.2) is 0 Å². The predicted octanol–water partition coefficient (Wildman–Crippen LogP) is 29.7. The Labute approximate surface area is 700 Å². The van der Waals surface area contributed by atoms with Crippen LogP contribution in [0.2, 0.25) is 0 Å². The number of imide groups is 2. The van der Waals surface area contributed by atoms with E-state index >= 15 is 19.2 Å². The average Bonchev–Trinajstić information content (AvgIpc) is 0.669. The van der Waals surface area contributed by atoms with E-state index in [-0.39, 0.29) is 43.9 Å². The van der Waals surface area contributed by atoms with Crippen LogP contribution < -0.4 is 28.7 Å². The first-order chi connectivity index (χ1) is 56.7. The highest BCUT2D eigenvalue weighted by molar-refractivity contribution is 6.48. The highest BCUT2D eigenvalue weighted by atomic mass is 16.5. The van der Waals surface area contributed by atoms with Gasteiger partial charge in [-0.15, -0.1) is 0 Å². The molecule has 0 radical (unpaired) electrons. The summed E-state index contributed by atoms with van der Waals surface area (Å²) in [5, 5.41) is 3.85. The summed E-state index contributed by atoms with van der Waals surface area (Å²) < 4.78 is 30.7. The molecule has 4 fully saturated rings. The number of fused-ring (bicyclic) bond motifs is 2. The number of rotatable bonds is 22. The Morgan fingerprint density at radius 3 is 0.661 bits per heavy atom. The van der Waals surface area contributed by atoms with E-state index in [4.69, 9.17) is 18.9 Å². The molecule has 6 aliphatic rings. The van der Waals surface area contributed by atoms with Gasteiger partial charge in [0, 0.05) is 43.1 Å². The Bertz CT molecular complexity index is 4920. The van der Waals surface area contributed by atoms with Crippen LogP contribution in [0.25, 0.3) is 43.1 Å². The number of para-hydroxylation sites is 2. The zero-order valence-corrected chi connectivity index (χ0v) is 72.3. The van der Waals surface area contributed by atoms with Gasteiger partial charge in [-0.05, 0) is 214 Å². The van der Waals surface area contributed by atoms with Crippen LogP contribution in [0.3, 0.4) is 0 Å². The quantitative estimate of drug-likeness (QED) is 0.0375. The van der Waals surface area contributed by atoms with E-state index in [2.05, 4.69) is 168 Å². The molecule has 2 heterocycles. The molecule has 10 nitrogen and oxygen atoms in total. The summed E-state index contributed by atoms with van der Waals surface area (Å²) in [6.45, 7) is 26.4. The van der Waals surface area contributed by atoms with E-state index in [1.807, 2.05) is 72.8 Å². The van der Waals surface area contributed by atoms with Crippen molar-refractivity contribution < 1.29 is 38.1 Å². The summed E-state index contributed by atoms with van der Waals surface area (Å²) in [6.07, 6.45) is 30.8. The number of ether oxygens (including phenoxy) is 4. The molecule has 10 heteroatoms. The van der Waals surface area contributed by atoms with Crippen LogP contribution in [0, 0.1) is 23.7 Å². The lowest BCUT2D eigenvalue weighted by Gasteiger charge is -2.34. The van der Waals surface area contributed by atoms with Gasteiger partial charge < -0.3 is 18.9 Å². The lowest BCUT2D eigenvalue weighted by molar-refractivity contribution is 0.0877. The Balaban J connectivity index is 0.991. The normalized spacial score (nSPS) is 17.2. The first-order valence-corrected chi connectivity index (χ1v) is 45.2. The Morgan fingerprint density at radius 1 is 0.263 bits per heavy atom. The third kappa shape index (κ3) is 16.1. The second-order valence-corrected chi connectivity index (χ2v) is 40.1. The molecule has 4 amide bonds. The molecule has 2 aliphatic heterocycles. The van der Waals surface area contributed by atoms with Crippen molar-refractivity contribution in [2.45, 2.75) is 285 Å². The summed E-state index contributed by atoms with van der Waals surface area (Å²) in [6, 6.07) is 53.2. The number of amides is 4. The van der Waals surface area contributed by atoms with Crippen LogP contribution in [0.4, 0.5) is 11.4 Å². The van der Waals surface area contributed by atoms with Gasteiger partial charge in [0.25, 0.3) is 23.6 Å². The summed E-state index contributed by atoms with van der Waals surface area (Å²) in [5.41, 5.74) is 10.2. The van der Waals surface area contributed by atoms with Crippen molar-refractivity contribution in [2.24, 2.45) is 23.7 Å². The molecule has 118 heavy (non-hydrogen) atoms. The molecule has 11 aromatic rings. The molecular weight excluding hydrogens is 1450 g/mol. The van der Waals surface area contributed by atoms with E-state index in [9.17, 15) is 0 Å². The monoisotopic (exact) mass is 1570 g/mol. The number of hydrogen-bond donors (Lipinski definition) is 0. The van der Waals surface area contributed by atoms with Crippen LogP contribution in [0.1, 0.15) is 323 Å². The molecule has 11 aromatic carbocycles. The topological polar surface area (TPSA) is 112 Å². The predicted molar refractivity (Wildman–Crippen MR) is 483 cm³/mol. The second-order valence-electron chi connectivity index (χ2n) is 40.1. The fourth-order valence-electron chi connectivity index (χ4n) is 20.8. The van der Waals surface area contributed by atoms with Gasteiger partial charge in [0.2, 0.25) is 0 Å². The van der Waals surface area contributed by atoms with Crippen LogP contribution >= 0.6 is 0 Å². The third-order valence-electron chi connectivity index (χ3n) is 27.7. The Hall–Kier alpha value is -9.80. The van der Waals surface area contributed by atoms with Crippen molar-refractivity contribution in [1.29, 1.82) is 0 Å². The van der Waals surface area contributed by atoms with E-state index in [0.717, 1.165) is 95.9 Å². The number of carbonyl (C=O) groups is 4. The summed E-state index contributed by atoms with van der Waals surface area (Å²) in [4.78, 5) is 72.2. The number of nitrogens with zero attached hydrogens (tertiary/aromatic N) is 2. The first kappa shape index (κ1) is 80.6. The molecule has 0 spiro atoms. The fourth-order valence-corrected chi connectivity index (χ4v) is 20.8. The Morgan fingerprint density at radius 2 is 0.466 bits per heavy atom. The van der Waals surface area contributed by atoms with Gasteiger partial charge in [-0.1, -0.05) is 296 Å². The SMILES string of the molecule is CC(C)(C)c1ccc(Oc2cc3c4c(cc(Oc5ccc(C(C)(C)C)cc5)c5c6c(Oc7ccc(C(C)(C)C)cc7)cc7c8c(cc(Oc9ccc(C(C)(C)C)cc9)c(c2c45)c86)C(=O)N(c2c(CCC4CCCCC4)cccc2CCC2CCCCC2)C7=O)C(=O)N(c2c(CCC4CCCCC4)cccc2CCC2CCCCC2)C3=O)cc1. The van der Waals surface area contributed by atoms with Crippen LogP contribution in [0.5, 0.6) is 46.0 Å². The van der Waals surface area contributed by atoms with Crippen LogP contribution in [0.15, 0.2) is 158 Å².